The summed E-state index contributed by atoms with van der Waals surface area (Å²) in [6.07, 6.45) is 5.18. The van der Waals surface area contributed by atoms with Crippen LogP contribution in [0.1, 0.15) is 12.5 Å². The maximum absolute atomic E-state index is 12.6. The number of amides is 2. The lowest BCUT2D eigenvalue weighted by molar-refractivity contribution is -0.140. The van der Waals surface area contributed by atoms with Gasteiger partial charge in [0.1, 0.15) is 12.4 Å². The van der Waals surface area contributed by atoms with Crippen LogP contribution in [0.25, 0.3) is 0 Å². The van der Waals surface area contributed by atoms with Gasteiger partial charge in [0, 0.05) is 58.2 Å². The Bertz CT molecular complexity index is 730. The Morgan fingerprint density at radius 2 is 1.88 bits per heavy atom. The standard InChI is InChI=1S/C19H23N5O2/c1-16(25)24(14-17-5-4-7-20-13-17)15-19(26)23-11-9-22(10-12-23)18-6-2-3-8-21-18/h2-8,13H,9-12,14-15H2,1H3. The van der Waals surface area contributed by atoms with Gasteiger partial charge < -0.3 is 14.7 Å². The minimum Gasteiger partial charge on any atom is -0.353 e. The van der Waals surface area contributed by atoms with Crippen LogP contribution in [-0.2, 0) is 16.1 Å². The molecule has 0 unspecified atom stereocenters. The van der Waals surface area contributed by atoms with Gasteiger partial charge in [-0.2, -0.15) is 0 Å². The number of anilines is 1. The number of hydrogen-bond acceptors (Lipinski definition) is 5. The first-order valence-corrected chi connectivity index (χ1v) is 8.71. The smallest absolute Gasteiger partial charge is 0.242 e. The highest BCUT2D eigenvalue weighted by molar-refractivity contribution is 5.84. The molecule has 0 aliphatic carbocycles. The van der Waals surface area contributed by atoms with Crippen molar-refractivity contribution in [3.8, 4) is 0 Å². The molecule has 1 aliphatic heterocycles. The molecule has 0 atom stereocenters. The van der Waals surface area contributed by atoms with Crippen LogP contribution in [0, 0.1) is 0 Å². The van der Waals surface area contributed by atoms with Gasteiger partial charge in [0.25, 0.3) is 0 Å². The third-order valence-corrected chi connectivity index (χ3v) is 4.47. The van der Waals surface area contributed by atoms with Crippen molar-refractivity contribution in [1.29, 1.82) is 0 Å². The molecule has 0 radical (unpaired) electrons. The predicted molar refractivity (Wildman–Crippen MR) is 98.4 cm³/mol. The summed E-state index contributed by atoms with van der Waals surface area (Å²) in [5.41, 5.74) is 0.912. The van der Waals surface area contributed by atoms with Crippen LogP contribution in [0.15, 0.2) is 48.9 Å². The maximum atomic E-state index is 12.6. The number of carbonyl (C=O) groups excluding carboxylic acids is 2. The van der Waals surface area contributed by atoms with Gasteiger partial charge in [0.15, 0.2) is 0 Å². The predicted octanol–water partition coefficient (Wildman–Crippen LogP) is 1.17. The minimum absolute atomic E-state index is 0.0234. The Hall–Kier alpha value is -2.96. The molecule has 1 saturated heterocycles. The molecule has 2 aromatic heterocycles. The molecule has 7 nitrogen and oxygen atoms in total. The Morgan fingerprint density at radius 3 is 2.50 bits per heavy atom. The van der Waals surface area contributed by atoms with Gasteiger partial charge in [-0.05, 0) is 23.8 Å². The van der Waals surface area contributed by atoms with Gasteiger partial charge in [-0.1, -0.05) is 12.1 Å². The number of piperazine rings is 1. The van der Waals surface area contributed by atoms with Gasteiger partial charge in [-0.3, -0.25) is 14.6 Å². The Morgan fingerprint density at radius 1 is 1.08 bits per heavy atom. The van der Waals surface area contributed by atoms with E-state index in [1.54, 1.807) is 23.5 Å². The minimum atomic E-state index is -0.116. The zero-order chi connectivity index (χ0) is 18.4. The summed E-state index contributed by atoms with van der Waals surface area (Å²) in [6, 6.07) is 9.55. The molecule has 7 heteroatoms. The lowest BCUT2D eigenvalue weighted by Crippen LogP contribution is -2.51. The number of nitrogens with zero attached hydrogens (tertiary/aromatic N) is 5. The molecule has 2 amide bonds. The van der Waals surface area contributed by atoms with Crippen LogP contribution < -0.4 is 4.90 Å². The Balaban J connectivity index is 1.54. The van der Waals surface area contributed by atoms with Gasteiger partial charge in [-0.15, -0.1) is 0 Å². The SMILES string of the molecule is CC(=O)N(CC(=O)N1CCN(c2ccccn2)CC1)Cc1cccnc1. The van der Waals surface area contributed by atoms with E-state index >= 15 is 0 Å². The fourth-order valence-electron chi connectivity index (χ4n) is 2.98. The summed E-state index contributed by atoms with van der Waals surface area (Å²) >= 11 is 0. The van der Waals surface area contributed by atoms with Gasteiger partial charge in [-0.25, -0.2) is 4.98 Å². The van der Waals surface area contributed by atoms with E-state index in [1.807, 2.05) is 35.2 Å². The molecule has 0 spiro atoms. The zero-order valence-electron chi connectivity index (χ0n) is 14.9. The molecule has 1 fully saturated rings. The highest BCUT2D eigenvalue weighted by Crippen LogP contribution is 2.13. The summed E-state index contributed by atoms with van der Waals surface area (Å²) in [4.78, 5) is 38.5. The van der Waals surface area contributed by atoms with Gasteiger partial charge in [0.2, 0.25) is 11.8 Å². The number of carbonyl (C=O) groups is 2. The second-order valence-electron chi connectivity index (χ2n) is 6.29. The monoisotopic (exact) mass is 353 g/mol. The first-order valence-electron chi connectivity index (χ1n) is 8.71. The Labute approximate surface area is 153 Å². The van der Waals surface area contributed by atoms with Crippen molar-refractivity contribution in [1.82, 2.24) is 19.8 Å². The van der Waals surface area contributed by atoms with Crippen LogP contribution in [-0.4, -0.2) is 64.3 Å². The molecule has 0 aromatic carbocycles. The summed E-state index contributed by atoms with van der Waals surface area (Å²) in [7, 11) is 0. The molecule has 2 aromatic rings. The molecule has 136 valence electrons. The molecule has 26 heavy (non-hydrogen) atoms. The number of pyridine rings is 2. The number of rotatable bonds is 5. The van der Waals surface area contributed by atoms with Crippen LogP contribution in [0.4, 0.5) is 5.82 Å². The first kappa shape index (κ1) is 17.8. The van der Waals surface area contributed by atoms with Crippen molar-refractivity contribution >= 4 is 17.6 Å². The molecule has 3 heterocycles. The summed E-state index contributed by atoms with van der Waals surface area (Å²) < 4.78 is 0. The van der Waals surface area contributed by atoms with Crippen LogP contribution in [0.3, 0.4) is 0 Å². The van der Waals surface area contributed by atoms with E-state index in [0.29, 0.717) is 19.6 Å². The second kappa shape index (κ2) is 8.42. The second-order valence-corrected chi connectivity index (χ2v) is 6.29. The normalized spacial score (nSPS) is 14.2. The lowest BCUT2D eigenvalue weighted by atomic mass is 10.2. The third-order valence-electron chi connectivity index (χ3n) is 4.47. The topological polar surface area (TPSA) is 69.6 Å². The summed E-state index contributed by atoms with van der Waals surface area (Å²) in [5, 5.41) is 0. The summed E-state index contributed by atoms with van der Waals surface area (Å²) in [6.45, 7) is 4.72. The highest BCUT2D eigenvalue weighted by Gasteiger charge is 2.24. The number of hydrogen-bond donors (Lipinski definition) is 0. The molecule has 3 rings (SSSR count). The van der Waals surface area contributed by atoms with E-state index in [4.69, 9.17) is 0 Å². The molecule has 0 N–H and O–H groups in total. The van der Waals surface area contributed by atoms with E-state index in [-0.39, 0.29) is 18.4 Å². The molecule has 1 aliphatic rings. The van der Waals surface area contributed by atoms with Crippen LogP contribution in [0.5, 0.6) is 0 Å². The first-order chi connectivity index (χ1) is 12.6. The van der Waals surface area contributed by atoms with Crippen molar-refractivity contribution in [2.75, 3.05) is 37.6 Å². The molecular formula is C19H23N5O2. The molecular weight excluding hydrogens is 330 g/mol. The van der Waals surface area contributed by atoms with E-state index in [2.05, 4.69) is 14.9 Å². The quantitative estimate of drug-likeness (QED) is 0.807. The molecule has 0 bridgehead atoms. The van der Waals surface area contributed by atoms with E-state index in [1.165, 1.54) is 6.92 Å². The van der Waals surface area contributed by atoms with Crippen molar-refractivity contribution in [3.05, 3.63) is 54.5 Å². The Kier molecular flexibility index (Phi) is 5.78. The van der Waals surface area contributed by atoms with Crippen LogP contribution in [0.2, 0.25) is 0 Å². The third kappa shape index (κ3) is 4.56. The van der Waals surface area contributed by atoms with Gasteiger partial charge in [0.05, 0.1) is 0 Å². The number of aromatic nitrogens is 2. The fraction of sp³-hybridized carbons (Fsp3) is 0.368. The van der Waals surface area contributed by atoms with Crippen LogP contribution >= 0.6 is 0 Å². The van der Waals surface area contributed by atoms with E-state index < -0.39 is 0 Å². The van der Waals surface area contributed by atoms with E-state index in [0.717, 1.165) is 24.5 Å². The average Bonchev–Trinajstić information content (AvgIpc) is 2.69. The van der Waals surface area contributed by atoms with E-state index in [9.17, 15) is 9.59 Å². The zero-order valence-corrected chi connectivity index (χ0v) is 14.9. The van der Waals surface area contributed by atoms with Gasteiger partial charge >= 0.3 is 0 Å². The van der Waals surface area contributed by atoms with Crippen molar-refractivity contribution < 1.29 is 9.59 Å². The molecule has 0 saturated carbocycles. The van der Waals surface area contributed by atoms with Crippen molar-refractivity contribution in [3.63, 3.8) is 0 Å². The highest BCUT2D eigenvalue weighted by atomic mass is 16.2. The maximum Gasteiger partial charge on any atom is 0.242 e. The lowest BCUT2D eigenvalue weighted by Gasteiger charge is -2.36. The van der Waals surface area contributed by atoms with Crippen molar-refractivity contribution in [2.45, 2.75) is 13.5 Å². The fourth-order valence-corrected chi connectivity index (χ4v) is 2.98. The largest absolute Gasteiger partial charge is 0.353 e. The van der Waals surface area contributed by atoms with Crippen molar-refractivity contribution in [2.24, 2.45) is 0 Å². The summed E-state index contributed by atoms with van der Waals surface area (Å²) in [5.74, 6) is 0.792. The average molecular weight is 353 g/mol.